The molecule has 6 nitrogen and oxygen atoms in total. The zero-order valence-corrected chi connectivity index (χ0v) is 14.4. The Morgan fingerprint density at radius 2 is 2.12 bits per heavy atom. The van der Waals surface area contributed by atoms with Gasteiger partial charge < -0.3 is 0 Å². The number of hydrogen-bond acceptors (Lipinski definition) is 5. The van der Waals surface area contributed by atoms with E-state index in [4.69, 9.17) is 4.98 Å². The summed E-state index contributed by atoms with van der Waals surface area (Å²) in [6, 6.07) is 6.23. The summed E-state index contributed by atoms with van der Waals surface area (Å²) in [5.74, 6) is 1.24. The summed E-state index contributed by atoms with van der Waals surface area (Å²) in [7, 11) is 0. The molecule has 6 heteroatoms. The lowest BCUT2D eigenvalue weighted by Gasteiger charge is -2.32. The van der Waals surface area contributed by atoms with E-state index < -0.39 is 0 Å². The smallest absolute Gasteiger partial charge is 0.156 e. The molecule has 1 saturated heterocycles. The van der Waals surface area contributed by atoms with Crippen molar-refractivity contribution in [1.82, 2.24) is 29.4 Å². The Bertz CT molecular complexity index is 829. The highest BCUT2D eigenvalue weighted by atomic mass is 15.1. The Hall–Kier alpha value is -2.60. The number of aromatic nitrogens is 5. The molecule has 1 aliphatic heterocycles. The summed E-state index contributed by atoms with van der Waals surface area (Å²) in [6.07, 6.45) is 11.4. The second-order valence-electron chi connectivity index (χ2n) is 6.62. The standard InChI is InChI=1S/C19H22N6/c1-15-4-2-6-17(22-15)13-24-8-3-5-16(12-24)18-10-21-11-19(23-18)25-9-7-20-14-25/h2,4,6-7,9-11,14,16H,3,5,8,12-13H2,1H3. The molecule has 128 valence electrons. The summed E-state index contributed by atoms with van der Waals surface area (Å²) in [4.78, 5) is 20.4. The van der Waals surface area contributed by atoms with Crippen LogP contribution in [0.25, 0.3) is 5.82 Å². The van der Waals surface area contributed by atoms with Crippen LogP contribution in [0.1, 0.15) is 35.8 Å². The van der Waals surface area contributed by atoms with Gasteiger partial charge in [-0.3, -0.25) is 19.4 Å². The zero-order chi connectivity index (χ0) is 17.1. The largest absolute Gasteiger partial charge is 0.297 e. The number of imidazole rings is 1. The summed E-state index contributed by atoms with van der Waals surface area (Å²) < 4.78 is 1.90. The third-order valence-corrected chi connectivity index (χ3v) is 4.66. The van der Waals surface area contributed by atoms with Gasteiger partial charge in [0, 0.05) is 43.3 Å². The van der Waals surface area contributed by atoms with Crippen molar-refractivity contribution in [2.45, 2.75) is 32.2 Å². The molecule has 1 unspecified atom stereocenters. The summed E-state index contributed by atoms with van der Waals surface area (Å²) in [5.41, 5.74) is 3.27. The first-order valence-corrected chi connectivity index (χ1v) is 8.73. The number of rotatable bonds is 4. The number of hydrogen-bond donors (Lipinski definition) is 0. The average molecular weight is 334 g/mol. The van der Waals surface area contributed by atoms with Gasteiger partial charge in [-0.25, -0.2) is 9.97 Å². The molecule has 0 bridgehead atoms. The van der Waals surface area contributed by atoms with Crippen molar-refractivity contribution in [2.75, 3.05) is 13.1 Å². The van der Waals surface area contributed by atoms with Gasteiger partial charge in [0.05, 0.1) is 17.6 Å². The average Bonchev–Trinajstić information content (AvgIpc) is 3.17. The molecule has 1 atom stereocenters. The van der Waals surface area contributed by atoms with Gasteiger partial charge in [0.2, 0.25) is 0 Å². The molecule has 0 saturated carbocycles. The molecule has 1 fully saturated rings. The van der Waals surface area contributed by atoms with Gasteiger partial charge in [0.15, 0.2) is 5.82 Å². The number of nitrogens with zero attached hydrogens (tertiary/aromatic N) is 6. The maximum absolute atomic E-state index is 4.81. The van der Waals surface area contributed by atoms with Crippen LogP contribution >= 0.6 is 0 Å². The second-order valence-corrected chi connectivity index (χ2v) is 6.62. The molecule has 0 N–H and O–H groups in total. The van der Waals surface area contributed by atoms with Crippen molar-refractivity contribution in [1.29, 1.82) is 0 Å². The lowest BCUT2D eigenvalue weighted by molar-refractivity contribution is 0.196. The van der Waals surface area contributed by atoms with E-state index in [2.05, 4.69) is 32.0 Å². The summed E-state index contributed by atoms with van der Waals surface area (Å²) >= 11 is 0. The van der Waals surface area contributed by atoms with E-state index in [0.29, 0.717) is 5.92 Å². The number of aryl methyl sites for hydroxylation is 1. The van der Waals surface area contributed by atoms with Crippen LogP contribution in [-0.4, -0.2) is 42.5 Å². The first kappa shape index (κ1) is 15.9. The molecule has 4 heterocycles. The van der Waals surface area contributed by atoms with Crippen LogP contribution in [0.15, 0.2) is 49.3 Å². The fourth-order valence-electron chi connectivity index (χ4n) is 3.44. The molecule has 3 aromatic rings. The third-order valence-electron chi connectivity index (χ3n) is 4.66. The van der Waals surface area contributed by atoms with Gasteiger partial charge in [-0.1, -0.05) is 6.07 Å². The first-order chi connectivity index (χ1) is 12.3. The van der Waals surface area contributed by atoms with Gasteiger partial charge in [-0.2, -0.15) is 0 Å². The van der Waals surface area contributed by atoms with Crippen LogP contribution in [0.2, 0.25) is 0 Å². The molecule has 0 aliphatic carbocycles. The Balaban J connectivity index is 1.49. The Morgan fingerprint density at radius 3 is 2.96 bits per heavy atom. The van der Waals surface area contributed by atoms with Crippen LogP contribution in [0.5, 0.6) is 0 Å². The molecule has 3 aromatic heterocycles. The Morgan fingerprint density at radius 1 is 1.16 bits per heavy atom. The maximum Gasteiger partial charge on any atom is 0.156 e. The number of likely N-dealkylation sites (tertiary alicyclic amines) is 1. The normalized spacial score (nSPS) is 18.4. The highest BCUT2D eigenvalue weighted by molar-refractivity contribution is 5.21. The van der Waals surface area contributed by atoms with Crippen LogP contribution in [-0.2, 0) is 6.54 Å². The van der Waals surface area contributed by atoms with Crippen molar-refractivity contribution in [3.05, 3.63) is 66.4 Å². The lowest BCUT2D eigenvalue weighted by atomic mass is 9.95. The second kappa shape index (κ2) is 7.11. The molecule has 0 amide bonds. The topological polar surface area (TPSA) is 59.7 Å². The third kappa shape index (κ3) is 3.74. The Kier molecular flexibility index (Phi) is 4.52. The van der Waals surface area contributed by atoms with Crippen LogP contribution in [0, 0.1) is 6.92 Å². The minimum absolute atomic E-state index is 0.412. The van der Waals surface area contributed by atoms with Gasteiger partial charge in [-0.15, -0.1) is 0 Å². The SMILES string of the molecule is Cc1cccc(CN2CCCC(c3cncc(-n4ccnc4)n3)C2)n1. The highest BCUT2D eigenvalue weighted by Gasteiger charge is 2.23. The van der Waals surface area contributed by atoms with Crippen molar-refractivity contribution in [2.24, 2.45) is 0 Å². The van der Waals surface area contributed by atoms with E-state index in [0.717, 1.165) is 49.0 Å². The van der Waals surface area contributed by atoms with E-state index in [9.17, 15) is 0 Å². The molecular weight excluding hydrogens is 312 g/mol. The van der Waals surface area contributed by atoms with Crippen LogP contribution in [0.3, 0.4) is 0 Å². The molecule has 0 radical (unpaired) electrons. The Labute approximate surface area is 147 Å². The van der Waals surface area contributed by atoms with Crippen LogP contribution in [0.4, 0.5) is 0 Å². The lowest BCUT2D eigenvalue weighted by Crippen LogP contribution is -2.34. The van der Waals surface area contributed by atoms with E-state index >= 15 is 0 Å². The number of piperidine rings is 1. The quantitative estimate of drug-likeness (QED) is 0.734. The molecule has 1 aliphatic rings. The molecule has 0 aromatic carbocycles. The first-order valence-electron chi connectivity index (χ1n) is 8.73. The fourth-order valence-corrected chi connectivity index (χ4v) is 3.44. The predicted molar refractivity (Wildman–Crippen MR) is 95.4 cm³/mol. The predicted octanol–water partition coefficient (Wildman–Crippen LogP) is 2.75. The van der Waals surface area contributed by atoms with E-state index in [-0.39, 0.29) is 0 Å². The van der Waals surface area contributed by atoms with E-state index in [1.165, 1.54) is 6.42 Å². The minimum Gasteiger partial charge on any atom is -0.297 e. The molecule has 0 spiro atoms. The van der Waals surface area contributed by atoms with Crippen molar-refractivity contribution >= 4 is 0 Å². The van der Waals surface area contributed by atoms with Gasteiger partial charge in [0.1, 0.15) is 6.33 Å². The van der Waals surface area contributed by atoms with E-state index in [1.54, 1.807) is 18.7 Å². The van der Waals surface area contributed by atoms with Gasteiger partial charge in [-0.05, 0) is 38.4 Å². The molecule has 4 rings (SSSR count). The van der Waals surface area contributed by atoms with Gasteiger partial charge >= 0.3 is 0 Å². The summed E-state index contributed by atoms with van der Waals surface area (Å²) in [5, 5.41) is 0. The van der Waals surface area contributed by atoms with Gasteiger partial charge in [0.25, 0.3) is 0 Å². The monoisotopic (exact) mass is 334 g/mol. The van der Waals surface area contributed by atoms with Crippen molar-refractivity contribution < 1.29 is 0 Å². The number of pyridine rings is 1. The van der Waals surface area contributed by atoms with Crippen molar-refractivity contribution in [3.63, 3.8) is 0 Å². The highest BCUT2D eigenvalue weighted by Crippen LogP contribution is 2.26. The molecule has 25 heavy (non-hydrogen) atoms. The fraction of sp³-hybridized carbons (Fsp3) is 0.368. The van der Waals surface area contributed by atoms with Crippen LogP contribution < -0.4 is 0 Å². The maximum atomic E-state index is 4.81. The van der Waals surface area contributed by atoms with Crippen molar-refractivity contribution in [3.8, 4) is 5.82 Å². The molecular formula is C19H22N6. The minimum atomic E-state index is 0.412. The van der Waals surface area contributed by atoms with E-state index in [1.807, 2.05) is 30.0 Å². The summed E-state index contributed by atoms with van der Waals surface area (Å²) in [6.45, 7) is 5.05. The zero-order valence-electron chi connectivity index (χ0n) is 14.4.